The molecule has 2 aromatic carbocycles. The van der Waals surface area contributed by atoms with Crippen molar-refractivity contribution in [2.45, 2.75) is 18.2 Å². The Morgan fingerprint density at radius 1 is 1.17 bits per heavy atom. The Bertz CT molecular complexity index is 870. The number of para-hydroxylation sites is 1. The second-order valence-corrected chi connectivity index (χ2v) is 6.56. The van der Waals surface area contributed by atoms with E-state index in [1.54, 1.807) is 30.5 Å². The average molecular weight is 347 g/mol. The van der Waals surface area contributed by atoms with Gasteiger partial charge in [0.1, 0.15) is 5.75 Å². The molecule has 0 bridgehead atoms. The molecule has 3 rings (SSSR count). The predicted molar refractivity (Wildman–Crippen MR) is 89.4 cm³/mol. The molecule has 7 heteroatoms. The van der Waals surface area contributed by atoms with Gasteiger partial charge in [-0.2, -0.15) is 8.42 Å². The minimum absolute atomic E-state index is 0.0666. The van der Waals surface area contributed by atoms with E-state index >= 15 is 0 Å². The standard InChI is InChI=1S/C10H9NO2.C7H8O3S/c11-10(12)8-5-1-3-7-4-2-6-13-9(7)8;1-6-2-4-7(5-3-6)11(8,9)10/h1-3,5-6H,4H2,(H2,11,12);2-5H,1H3,(H,8,9,10). The molecule has 0 aliphatic carbocycles. The number of primary amides is 1. The van der Waals surface area contributed by atoms with Crippen LogP contribution in [0.5, 0.6) is 5.75 Å². The van der Waals surface area contributed by atoms with Crippen LogP contribution in [0, 0.1) is 6.92 Å². The van der Waals surface area contributed by atoms with Gasteiger partial charge in [-0.3, -0.25) is 9.35 Å². The van der Waals surface area contributed by atoms with Gasteiger partial charge < -0.3 is 10.5 Å². The molecule has 0 fully saturated rings. The van der Waals surface area contributed by atoms with Gasteiger partial charge in [0.25, 0.3) is 16.0 Å². The number of nitrogens with two attached hydrogens (primary N) is 1. The number of amides is 1. The average Bonchev–Trinajstić information content (AvgIpc) is 2.54. The maximum atomic E-state index is 11.0. The Balaban J connectivity index is 0.000000177. The molecule has 0 saturated heterocycles. The summed E-state index contributed by atoms with van der Waals surface area (Å²) in [6.45, 7) is 1.84. The number of benzene rings is 2. The summed E-state index contributed by atoms with van der Waals surface area (Å²) in [5.74, 6) is 0.143. The Morgan fingerprint density at radius 2 is 1.83 bits per heavy atom. The van der Waals surface area contributed by atoms with E-state index in [0.717, 1.165) is 17.5 Å². The third-order valence-electron chi connectivity index (χ3n) is 3.30. The first-order valence-electron chi connectivity index (χ1n) is 7.06. The van der Waals surface area contributed by atoms with Gasteiger partial charge in [-0.1, -0.05) is 29.8 Å². The van der Waals surface area contributed by atoms with Crippen LogP contribution in [0.15, 0.2) is 59.7 Å². The number of aryl methyl sites for hydroxylation is 1. The lowest BCUT2D eigenvalue weighted by Gasteiger charge is -2.13. The van der Waals surface area contributed by atoms with Crippen LogP contribution in [0.3, 0.4) is 0 Å². The van der Waals surface area contributed by atoms with Crippen molar-refractivity contribution in [2.75, 3.05) is 0 Å². The summed E-state index contributed by atoms with van der Waals surface area (Å²) < 4.78 is 34.8. The van der Waals surface area contributed by atoms with E-state index in [-0.39, 0.29) is 4.90 Å². The van der Waals surface area contributed by atoms with Crippen molar-refractivity contribution in [1.29, 1.82) is 0 Å². The normalized spacial score (nSPS) is 12.4. The van der Waals surface area contributed by atoms with Gasteiger partial charge in [-0.05, 0) is 43.2 Å². The third kappa shape index (κ3) is 4.43. The molecule has 0 radical (unpaired) electrons. The molecule has 126 valence electrons. The summed E-state index contributed by atoms with van der Waals surface area (Å²) in [6, 6.07) is 11.4. The third-order valence-corrected chi connectivity index (χ3v) is 4.17. The molecular formula is C17H17NO5S. The Hall–Kier alpha value is -2.64. The summed E-state index contributed by atoms with van der Waals surface area (Å²) in [5.41, 5.74) is 7.60. The molecule has 0 saturated carbocycles. The molecule has 1 heterocycles. The largest absolute Gasteiger partial charge is 0.464 e. The van der Waals surface area contributed by atoms with Crippen LogP contribution < -0.4 is 10.5 Å². The highest BCUT2D eigenvalue weighted by Gasteiger charge is 2.14. The van der Waals surface area contributed by atoms with Gasteiger partial charge in [-0.15, -0.1) is 0 Å². The number of ether oxygens (including phenoxy) is 1. The van der Waals surface area contributed by atoms with Crippen molar-refractivity contribution in [3.8, 4) is 5.75 Å². The van der Waals surface area contributed by atoms with Crippen LogP contribution in [-0.2, 0) is 16.5 Å². The minimum atomic E-state index is -4.02. The van der Waals surface area contributed by atoms with Gasteiger partial charge in [-0.25, -0.2) is 0 Å². The van der Waals surface area contributed by atoms with E-state index in [1.807, 2.05) is 19.1 Å². The monoisotopic (exact) mass is 347 g/mol. The highest BCUT2D eigenvalue weighted by atomic mass is 32.2. The lowest BCUT2D eigenvalue weighted by Crippen LogP contribution is -2.13. The fraction of sp³-hybridized carbons (Fsp3) is 0.118. The molecular weight excluding hydrogens is 330 g/mol. The van der Waals surface area contributed by atoms with Crippen molar-refractivity contribution >= 4 is 16.0 Å². The molecule has 1 aliphatic heterocycles. The molecule has 24 heavy (non-hydrogen) atoms. The zero-order valence-electron chi connectivity index (χ0n) is 13.0. The SMILES string of the molecule is Cc1ccc(S(=O)(=O)O)cc1.NC(=O)c1cccc2c1OC=CC2. The molecule has 6 nitrogen and oxygen atoms in total. The lowest BCUT2D eigenvalue weighted by molar-refractivity contribution is 0.0997. The van der Waals surface area contributed by atoms with Crippen molar-refractivity contribution in [1.82, 2.24) is 0 Å². The quantitative estimate of drug-likeness (QED) is 0.812. The first kappa shape index (κ1) is 17.7. The van der Waals surface area contributed by atoms with Crippen molar-refractivity contribution in [2.24, 2.45) is 5.73 Å². The Morgan fingerprint density at radius 3 is 2.42 bits per heavy atom. The van der Waals surface area contributed by atoms with Crippen LogP contribution in [-0.4, -0.2) is 18.9 Å². The van der Waals surface area contributed by atoms with E-state index in [1.165, 1.54) is 12.1 Å². The van der Waals surface area contributed by atoms with Crippen molar-refractivity contribution < 1.29 is 22.5 Å². The summed E-state index contributed by atoms with van der Waals surface area (Å²) in [4.78, 5) is 10.9. The van der Waals surface area contributed by atoms with Crippen molar-refractivity contribution in [3.63, 3.8) is 0 Å². The summed E-state index contributed by atoms with van der Waals surface area (Å²) in [6.07, 6.45) is 4.26. The second kappa shape index (κ2) is 7.29. The Labute approximate surface area is 140 Å². The maximum Gasteiger partial charge on any atom is 0.294 e. The van der Waals surface area contributed by atoms with Crippen LogP contribution in [0.4, 0.5) is 0 Å². The fourth-order valence-corrected chi connectivity index (χ4v) is 2.56. The van der Waals surface area contributed by atoms with E-state index in [2.05, 4.69) is 0 Å². The molecule has 0 unspecified atom stereocenters. The zero-order chi connectivity index (χ0) is 17.7. The second-order valence-electron chi connectivity index (χ2n) is 5.14. The van der Waals surface area contributed by atoms with Gasteiger partial charge in [0.2, 0.25) is 0 Å². The number of carbonyl (C=O) groups is 1. The number of hydrogen-bond acceptors (Lipinski definition) is 4. The fourth-order valence-electron chi connectivity index (χ4n) is 2.08. The first-order chi connectivity index (χ1) is 11.3. The van der Waals surface area contributed by atoms with Crippen LogP contribution in [0.25, 0.3) is 0 Å². The van der Waals surface area contributed by atoms with Crippen molar-refractivity contribution in [3.05, 3.63) is 71.5 Å². The molecule has 0 atom stereocenters. The highest BCUT2D eigenvalue weighted by Crippen LogP contribution is 2.27. The molecule has 0 aromatic heterocycles. The minimum Gasteiger partial charge on any atom is -0.464 e. The zero-order valence-corrected chi connectivity index (χ0v) is 13.8. The number of carbonyl (C=O) groups excluding carboxylic acids is 1. The van der Waals surface area contributed by atoms with Crippen LogP contribution in [0.1, 0.15) is 21.5 Å². The van der Waals surface area contributed by atoms with Gasteiger partial charge in [0, 0.05) is 0 Å². The number of rotatable bonds is 2. The highest BCUT2D eigenvalue weighted by molar-refractivity contribution is 7.85. The van der Waals surface area contributed by atoms with E-state index < -0.39 is 16.0 Å². The number of hydrogen-bond donors (Lipinski definition) is 2. The summed E-state index contributed by atoms with van der Waals surface area (Å²) >= 11 is 0. The van der Waals surface area contributed by atoms with Gasteiger partial charge in [0.15, 0.2) is 0 Å². The van der Waals surface area contributed by atoms with E-state index in [0.29, 0.717) is 11.3 Å². The smallest absolute Gasteiger partial charge is 0.294 e. The first-order valence-corrected chi connectivity index (χ1v) is 8.50. The molecule has 1 amide bonds. The Kier molecular flexibility index (Phi) is 5.38. The van der Waals surface area contributed by atoms with Gasteiger partial charge >= 0.3 is 0 Å². The van der Waals surface area contributed by atoms with Gasteiger partial charge in [0.05, 0.1) is 16.7 Å². The molecule has 3 N–H and O–H groups in total. The van der Waals surface area contributed by atoms with E-state index in [9.17, 15) is 13.2 Å². The lowest BCUT2D eigenvalue weighted by atomic mass is 10.0. The maximum absolute atomic E-state index is 11.0. The van der Waals surface area contributed by atoms with Crippen LogP contribution >= 0.6 is 0 Å². The number of fused-ring (bicyclic) bond motifs is 1. The predicted octanol–water partition coefficient (Wildman–Crippen LogP) is 2.48. The molecule has 0 spiro atoms. The topological polar surface area (TPSA) is 107 Å². The number of allylic oxidation sites excluding steroid dienone is 1. The van der Waals surface area contributed by atoms with E-state index in [4.69, 9.17) is 15.0 Å². The molecule has 2 aromatic rings. The summed E-state index contributed by atoms with van der Waals surface area (Å²) in [7, 11) is -4.02. The summed E-state index contributed by atoms with van der Waals surface area (Å²) in [5, 5.41) is 0. The molecule has 1 aliphatic rings. The van der Waals surface area contributed by atoms with Crippen LogP contribution in [0.2, 0.25) is 0 Å².